The highest BCUT2D eigenvalue weighted by Crippen LogP contribution is 2.15. The van der Waals surface area contributed by atoms with Crippen LogP contribution in [0.25, 0.3) is 0 Å². The predicted molar refractivity (Wildman–Crippen MR) is 68.2 cm³/mol. The van der Waals surface area contributed by atoms with Gasteiger partial charge in [0.2, 0.25) is 0 Å². The summed E-state index contributed by atoms with van der Waals surface area (Å²) in [6.45, 7) is 5.83. The molecule has 1 rings (SSSR count). The maximum atomic E-state index is 5.78. The minimum atomic E-state index is 0.397. The van der Waals surface area contributed by atoms with Gasteiger partial charge in [-0.05, 0) is 26.0 Å². The molecule has 0 spiro atoms. The van der Waals surface area contributed by atoms with E-state index in [1.807, 2.05) is 18.2 Å². The molecular formula is C12H19ClN2O. The number of anilines is 1. The Labute approximate surface area is 102 Å². The lowest BCUT2D eigenvalue weighted by Crippen LogP contribution is -2.34. The minimum Gasteiger partial charge on any atom is -0.383 e. The number of halogens is 1. The van der Waals surface area contributed by atoms with E-state index < -0.39 is 0 Å². The van der Waals surface area contributed by atoms with Gasteiger partial charge in [0, 0.05) is 19.7 Å². The largest absolute Gasteiger partial charge is 0.383 e. The third-order valence-electron chi connectivity index (χ3n) is 2.38. The smallest absolute Gasteiger partial charge is 0.129 e. The SMILES string of the molecule is COCCN(c1cccc(CCl)n1)C(C)C. The zero-order chi connectivity index (χ0) is 12.0. The number of pyridine rings is 1. The number of rotatable bonds is 6. The molecule has 0 aliphatic rings. The highest BCUT2D eigenvalue weighted by Gasteiger charge is 2.11. The zero-order valence-electron chi connectivity index (χ0n) is 10.1. The van der Waals surface area contributed by atoms with Gasteiger partial charge in [0.25, 0.3) is 0 Å². The third kappa shape index (κ3) is 3.65. The lowest BCUT2D eigenvalue weighted by Gasteiger charge is -2.27. The number of aromatic nitrogens is 1. The molecule has 1 aromatic rings. The summed E-state index contributed by atoms with van der Waals surface area (Å²) in [5, 5.41) is 0. The van der Waals surface area contributed by atoms with Gasteiger partial charge in [-0.1, -0.05) is 6.07 Å². The standard InChI is InChI=1S/C12H19ClN2O/c1-10(2)15(7-8-16-3)12-6-4-5-11(9-13)14-12/h4-6,10H,7-9H2,1-3H3. The monoisotopic (exact) mass is 242 g/mol. The van der Waals surface area contributed by atoms with Crippen LogP contribution in [-0.2, 0) is 10.6 Å². The summed E-state index contributed by atoms with van der Waals surface area (Å²) in [5.74, 6) is 1.41. The van der Waals surface area contributed by atoms with Crippen molar-refractivity contribution in [1.29, 1.82) is 0 Å². The number of hydrogen-bond acceptors (Lipinski definition) is 3. The summed E-state index contributed by atoms with van der Waals surface area (Å²) in [6.07, 6.45) is 0. The zero-order valence-corrected chi connectivity index (χ0v) is 10.9. The lowest BCUT2D eigenvalue weighted by molar-refractivity contribution is 0.203. The molecule has 0 bridgehead atoms. The number of alkyl halides is 1. The topological polar surface area (TPSA) is 25.4 Å². The molecule has 1 aromatic heterocycles. The van der Waals surface area contributed by atoms with Gasteiger partial charge >= 0.3 is 0 Å². The fourth-order valence-corrected chi connectivity index (χ4v) is 1.68. The van der Waals surface area contributed by atoms with Crippen LogP contribution >= 0.6 is 11.6 Å². The number of ether oxygens (including phenoxy) is 1. The van der Waals surface area contributed by atoms with Crippen LogP contribution in [0.1, 0.15) is 19.5 Å². The Morgan fingerprint density at radius 2 is 2.19 bits per heavy atom. The van der Waals surface area contributed by atoms with Crippen LogP contribution < -0.4 is 4.90 Å². The van der Waals surface area contributed by atoms with Gasteiger partial charge in [0.15, 0.2) is 0 Å². The van der Waals surface area contributed by atoms with E-state index in [0.717, 1.165) is 18.1 Å². The first-order valence-electron chi connectivity index (χ1n) is 5.46. The molecule has 0 saturated heterocycles. The van der Waals surface area contributed by atoms with Crippen molar-refractivity contribution in [2.45, 2.75) is 25.8 Å². The summed E-state index contributed by atoms with van der Waals surface area (Å²) >= 11 is 5.78. The second kappa shape index (κ2) is 6.71. The van der Waals surface area contributed by atoms with Gasteiger partial charge in [-0.15, -0.1) is 11.6 Å². The van der Waals surface area contributed by atoms with Crippen molar-refractivity contribution in [2.24, 2.45) is 0 Å². The van der Waals surface area contributed by atoms with Crippen molar-refractivity contribution < 1.29 is 4.74 Å². The molecule has 4 heteroatoms. The molecule has 90 valence electrons. The summed E-state index contributed by atoms with van der Waals surface area (Å²) in [7, 11) is 1.71. The highest BCUT2D eigenvalue weighted by molar-refractivity contribution is 6.16. The molecule has 0 unspecified atom stereocenters. The molecule has 0 aliphatic carbocycles. The van der Waals surface area contributed by atoms with Crippen LogP contribution in [0.2, 0.25) is 0 Å². The minimum absolute atomic E-state index is 0.397. The van der Waals surface area contributed by atoms with Crippen LogP contribution in [0.5, 0.6) is 0 Å². The Hall–Kier alpha value is -0.800. The summed E-state index contributed by atoms with van der Waals surface area (Å²) in [6, 6.07) is 6.33. The van der Waals surface area contributed by atoms with Crippen molar-refractivity contribution in [1.82, 2.24) is 4.98 Å². The fourth-order valence-electron chi connectivity index (χ4n) is 1.53. The number of nitrogens with zero attached hydrogens (tertiary/aromatic N) is 2. The Balaban J connectivity index is 2.82. The molecule has 16 heavy (non-hydrogen) atoms. The van der Waals surface area contributed by atoms with Crippen LogP contribution in [0.3, 0.4) is 0 Å². The summed E-state index contributed by atoms with van der Waals surface area (Å²) in [4.78, 5) is 6.71. The van der Waals surface area contributed by atoms with Crippen LogP contribution in [0.15, 0.2) is 18.2 Å². The van der Waals surface area contributed by atoms with E-state index in [1.54, 1.807) is 7.11 Å². The maximum Gasteiger partial charge on any atom is 0.129 e. The molecule has 0 saturated carbocycles. The molecule has 0 radical (unpaired) electrons. The van der Waals surface area contributed by atoms with E-state index in [4.69, 9.17) is 16.3 Å². The Kier molecular flexibility index (Phi) is 5.56. The van der Waals surface area contributed by atoms with Gasteiger partial charge in [-0.25, -0.2) is 4.98 Å². The van der Waals surface area contributed by atoms with Crippen molar-refractivity contribution in [3.63, 3.8) is 0 Å². The Bertz CT molecular complexity index is 318. The molecule has 0 amide bonds. The molecule has 1 heterocycles. The second-order valence-electron chi connectivity index (χ2n) is 3.90. The van der Waals surface area contributed by atoms with Crippen molar-refractivity contribution in [3.8, 4) is 0 Å². The molecule has 0 fully saturated rings. The second-order valence-corrected chi connectivity index (χ2v) is 4.17. The van der Waals surface area contributed by atoms with Gasteiger partial charge in [-0.2, -0.15) is 0 Å². The first-order chi connectivity index (χ1) is 7.69. The molecule has 0 aromatic carbocycles. The first-order valence-corrected chi connectivity index (χ1v) is 6.00. The van der Waals surface area contributed by atoms with E-state index >= 15 is 0 Å². The quantitative estimate of drug-likeness (QED) is 0.718. The summed E-state index contributed by atoms with van der Waals surface area (Å²) < 4.78 is 5.11. The van der Waals surface area contributed by atoms with E-state index in [0.29, 0.717) is 18.5 Å². The Morgan fingerprint density at radius 1 is 1.44 bits per heavy atom. The van der Waals surface area contributed by atoms with Crippen molar-refractivity contribution >= 4 is 17.4 Å². The average Bonchev–Trinajstić information content (AvgIpc) is 2.29. The van der Waals surface area contributed by atoms with Gasteiger partial charge < -0.3 is 9.64 Å². The van der Waals surface area contributed by atoms with Gasteiger partial charge in [-0.3, -0.25) is 0 Å². The van der Waals surface area contributed by atoms with E-state index in [-0.39, 0.29) is 0 Å². The lowest BCUT2D eigenvalue weighted by atomic mass is 10.3. The van der Waals surface area contributed by atoms with Crippen molar-refractivity contribution in [2.75, 3.05) is 25.2 Å². The molecule has 0 aliphatic heterocycles. The molecule has 0 atom stereocenters. The predicted octanol–water partition coefficient (Wildman–Crippen LogP) is 2.68. The number of methoxy groups -OCH3 is 1. The van der Waals surface area contributed by atoms with E-state index in [9.17, 15) is 0 Å². The molecule has 3 nitrogen and oxygen atoms in total. The first kappa shape index (κ1) is 13.3. The molecule has 0 N–H and O–H groups in total. The van der Waals surface area contributed by atoms with Gasteiger partial charge in [0.05, 0.1) is 18.2 Å². The Morgan fingerprint density at radius 3 is 2.75 bits per heavy atom. The fraction of sp³-hybridized carbons (Fsp3) is 0.583. The highest BCUT2D eigenvalue weighted by atomic mass is 35.5. The average molecular weight is 243 g/mol. The third-order valence-corrected chi connectivity index (χ3v) is 2.66. The summed E-state index contributed by atoms with van der Waals surface area (Å²) in [5.41, 5.74) is 0.905. The molecular weight excluding hydrogens is 224 g/mol. The maximum absolute atomic E-state index is 5.78. The normalized spacial score (nSPS) is 10.8. The van der Waals surface area contributed by atoms with Crippen LogP contribution in [0, 0.1) is 0 Å². The van der Waals surface area contributed by atoms with Crippen LogP contribution in [0.4, 0.5) is 5.82 Å². The van der Waals surface area contributed by atoms with E-state index in [1.165, 1.54) is 0 Å². The van der Waals surface area contributed by atoms with Crippen LogP contribution in [-0.4, -0.2) is 31.3 Å². The number of hydrogen-bond donors (Lipinski definition) is 0. The van der Waals surface area contributed by atoms with Crippen molar-refractivity contribution in [3.05, 3.63) is 23.9 Å². The van der Waals surface area contributed by atoms with E-state index in [2.05, 4.69) is 23.7 Å². The van der Waals surface area contributed by atoms with Gasteiger partial charge in [0.1, 0.15) is 5.82 Å².